The maximum absolute atomic E-state index is 9.94. The number of ether oxygens (including phenoxy) is 2. The van der Waals surface area contributed by atoms with Gasteiger partial charge in [0.1, 0.15) is 30.2 Å². The van der Waals surface area contributed by atoms with Crippen molar-refractivity contribution in [1.82, 2.24) is 0 Å². The second kappa shape index (κ2) is 7.36. The van der Waals surface area contributed by atoms with Crippen molar-refractivity contribution in [2.24, 2.45) is 0 Å². The first kappa shape index (κ1) is 17.1. The molecule has 22 heavy (non-hydrogen) atoms. The van der Waals surface area contributed by atoms with Crippen LogP contribution >= 0.6 is 0 Å². The van der Waals surface area contributed by atoms with Crippen molar-refractivity contribution in [3.05, 3.63) is 29.3 Å². The number of aliphatic hydroxyl groups excluding tert-OH is 5. The van der Waals surface area contributed by atoms with Crippen LogP contribution < -0.4 is 4.74 Å². The lowest BCUT2D eigenvalue weighted by molar-refractivity contribution is -0.277. The molecule has 1 aliphatic heterocycles. The highest BCUT2D eigenvalue weighted by molar-refractivity contribution is 5.34. The van der Waals surface area contributed by atoms with Crippen molar-refractivity contribution in [2.75, 3.05) is 13.2 Å². The van der Waals surface area contributed by atoms with E-state index in [9.17, 15) is 15.3 Å². The Morgan fingerprint density at radius 2 is 1.77 bits per heavy atom. The summed E-state index contributed by atoms with van der Waals surface area (Å²) in [6.45, 7) is 1.36. The van der Waals surface area contributed by atoms with Gasteiger partial charge >= 0.3 is 0 Å². The van der Waals surface area contributed by atoms with Crippen LogP contribution in [0.1, 0.15) is 11.1 Å². The minimum absolute atomic E-state index is 0.00292. The van der Waals surface area contributed by atoms with E-state index in [1.54, 1.807) is 12.1 Å². The molecule has 124 valence electrons. The molecule has 5 N–H and O–H groups in total. The van der Waals surface area contributed by atoms with Crippen LogP contribution in [0, 0.1) is 6.92 Å². The molecule has 1 aliphatic rings. The summed E-state index contributed by atoms with van der Waals surface area (Å²) < 4.78 is 10.8. The molecule has 1 fully saturated rings. The highest BCUT2D eigenvalue weighted by Crippen LogP contribution is 2.25. The van der Waals surface area contributed by atoms with Crippen LogP contribution in [0.25, 0.3) is 0 Å². The van der Waals surface area contributed by atoms with E-state index in [2.05, 4.69) is 0 Å². The van der Waals surface area contributed by atoms with E-state index < -0.39 is 37.3 Å². The third kappa shape index (κ3) is 3.75. The van der Waals surface area contributed by atoms with Gasteiger partial charge in [0.15, 0.2) is 0 Å². The van der Waals surface area contributed by atoms with E-state index in [4.69, 9.17) is 19.7 Å². The van der Waals surface area contributed by atoms with Crippen molar-refractivity contribution < 1.29 is 35.0 Å². The van der Waals surface area contributed by atoms with Gasteiger partial charge in [-0.1, -0.05) is 6.07 Å². The third-order valence-corrected chi connectivity index (χ3v) is 3.61. The minimum Gasteiger partial charge on any atom is -0.462 e. The number of hydrogen-bond acceptors (Lipinski definition) is 7. The van der Waals surface area contributed by atoms with Crippen LogP contribution in [0.4, 0.5) is 0 Å². The largest absolute Gasteiger partial charge is 0.462 e. The molecule has 1 heterocycles. The Balaban J connectivity index is 2.15. The SMILES string of the molecule is Cc1cc(CCO)cc(OC2OC(CO)C(O)C(O)C2O)c1. The lowest BCUT2D eigenvalue weighted by Crippen LogP contribution is -2.60. The molecule has 1 aromatic rings. The zero-order chi connectivity index (χ0) is 16.3. The molecule has 2 rings (SSSR count). The van der Waals surface area contributed by atoms with Crippen LogP contribution in [0.2, 0.25) is 0 Å². The van der Waals surface area contributed by atoms with E-state index in [0.717, 1.165) is 11.1 Å². The Labute approximate surface area is 128 Å². The molecule has 0 saturated carbocycles. The van der Waals surface area contributed by atoms with Gasteiger partial charge in [-0.3, -0.25) is 0 Å². The number of benzene rings is 1. The van der Waals surface area contributed by atoms with Gasteiger partial charge in [0.2, 0.25) is 6.29 Å². The van der Waals surface area contributed by atoms with E-state index in [1.165, 1.54) is 0 Å². The van der Waals surface area contributed by atoms with Crippen LogP contribution in [-0.4, -0.2) is 69.5 Å². The zero-order valence-electron chi connectivity index (χ0n) is 12.3. The molecule has 5 atom stereocenters. The van der Waals surface area contributed by atoms with Gasteiger partial charge in [-0.05, 0) is 36.6 Å². The highest BCUT2D eigenvalue weighted by atomic mass is 16.7. The van der Waals surface area contributed by atoms with Crippen LogP contribution in [0.5, 0.6) is 5.75 Å². The van der Waals surface area contributed by atoms with Crippen molar-refractivity contribution in [3.63, 3.8) is 0 Å². The molecular weight excluding hydrogens is 292 g/mol. The van der Waals surface area contributed by atoms with E-state index >= 15 is 0 Å². The predicted molar refractivity (Wildman–Crippen MR) is 76.4 cm³/mol. The molecule has 0 bridgehead atoms. The number of hydrogen-bond donors (Lipinski definition) is 5. The summed E-state index contributed by atoms with van der Waals surface area (Å²) in [5.41, 5.74) is 1.77. The number of aryl methyl sites for hydroxylation is 1. The Kier molecular flexibility index (Phi) is 5.74. The predicted octanol–water partition coefficient (Wildman–Crippen LogP) is -1.29. The minimum atomic E-state index is -1.47. The molecular formula is C15H22O7. The second-order valence-electron chi connectivity index (χ2n) is 5.44. The fraction of sp³-hybridized carbons (Fsp3) is 0.600. The zero-order valence-corrected chi connectivity index (χ0v) is 12.3. The monoisotopic (exact) mass is 314 g/mol. The molecule has 1 saturated heterocycles. The van der Waals surface area contributed by atoms with E-state index in [-0.39, 0.29) is 6.61 Å². The molecule has 0 radical (unpaired) electrons. The van der Waals surface area contributed by atoms with E-state index in [0.29, 0.717) is 12.2 Å². The van der Waals surface area contributed by atoms with Gasteiger partial charge in [-0.25, -0.2) is 0 Å². The molecule has 7 heteroatoms. The van der Waals surface area contributed by atoms with Crippen molar-refractivity contribution in [1.29, 1.82) is 0 Å². The van der Waals surface area contributed by atoms with Gasteiger partial charge in [-0.2, -0.15) is 0 Å². The molecule has 0 spiro atoms. The summed E-state index contributed by atoms with van der Waals surface area (Å²) in [7, 11) is 0. The third-order valence-electron chi connectivity index (χ3n) is 3.61. The van der Waals surface area contributed by atoms with Crippen molar-refractivity contribution in [3.8, 4) is 5.75 Å². The van der Waals surface area contributed by atoms with Gasteiger partial charge in [-0.15, -0.1) is 0 Å². The fourth-order valence-corrected chi connectivity index (χ4v) is 2.46. The molecule has 0 amide bonds. The summed E-state index contributed by atoms with van der Waals surface area (Å²) in [5, 5.41) is 47.5. The summed E-state index contributed by atoms with van der Waals surface area (Å²) >= 11 is 0. The van der Waals surface area contributed by atoms with Gasteiger partial charge in [0, 0.05) is 6.61 Å². The summed E-state index contributed by atoms with van der Waals surface area (Å²) in [6, 6.07) is 5.32. The summed E-state index contributed by atoms with van der Waals surface area (Å²) in [6.07, 6.45) is -6.09. The molecule has 1 aromatic carbocycles. The van der Waals surface area contributed by atoms with Gasteiger partial charge < -0.3 is 35.0 Å². The first-order valence-electron chi connectivity index (χ1n) is 7.15. The average molecular weight is 314 g/mol. The Morgan fingerprint density at radius 3 is 2.41 bits per heavy atom. The lowest BCUT2D eigenvalue weighted by atomic mass is 9.99. The quantitative estimate of drug-likeness (QED) is 0.458. The topological polar surface area (TPSA) is 120 Å². The standard InChI is InChI=1S/C15H22O7/c1-8-4-9(2-3-16)6-10(5-8)21-15-14(20)13(19)12(18)11(7-17)22-15/h4-6,11-20H,2-3,7H2,1H3. The van der Waals surface area contributed by atoms with E-state index in [1.807, 2.05) is 13.0 Å². The first-order valence-corrected chi connectivity index (χ1v) is 7.15. The average Bonchev–Trinajstić information content (AvgIpc) is 2.47. The maximum Gasteiger partial charge on any atom is 0.229 e. The molecule has 0 aliphatic carbocycles. The molecule has 0 aromatic heterocycles. The summed E-state index contributed by atoms with van der Waals surface area (Å²) in [5.74, 6) is 0.410. The smallest absolute Gasteiger partial charge is 0.229 e. The number of aliphatic hydroxyl groups is 5. The maximum atomic E-state index is 9.94. The lowest BCUT2D eigenvalue weighted by Gasteiger charge is -2.39. The highest BCUT2D eigenvalue weighted by Gasteiger charge is 2.44. The summed E-state index contributed by atoms with van der Waals surface area (Å²) in [4.78, 5) is 0. The Hall–Kier alpha value is -1.22. The molecule has 5 unspecified atom stereocenters. The van der Waals surface area contributed by atoms with Crippen LogP contribution in [0.15, 0.2) is 18.2 Å². The Morgan fingerprint density at radius 1 is 1.05 bits per heavy atom. The normalized spacial score (nSPS) is 32.0. The first-order chi connectivity index (χ1) is 10.5. The Bertz CT molecular complexity index is 491. The van der Waals surface area contributed by atoms with Gasteiger partial charge in [0.25, 0.3) is 0 Å². The van der Waals surface area contributed by atoms with Crippen LogP contribution in [-0.2, 0) is 11.2 Å². The number of rotatable bonds is 5. The van der Waals surface area contributed by atoms with Crippen LogP contribution in [0.3, 0.4) is 0 Å². The van der Waals surface area contributed by atoms with Crippen molar-refractivity contribution >= 4 is 0 Å². The fourth-order valence-electron chi connectivity index (χ4n) is 2.46. The molecule has 7 nitrogen and oxygen atoms in total. The van der Waals surface area contributed by atoms with Crippen molar-refractivity contribution in [2.45, 2.75) is 44.1 Å². The second-order valence-corrected chi connectivity index (χ2v) is 5.44. The van der Waals surface area contributed by atoms with Gasteiger partial charge in [0.05, 0.1) is 6.61 Å².